The van der Waals surface area contributed by atoms with Crippen LogP contribution in [0, 0.1) is 0 Å². The molecule has 3 nitrogen and oxygen atoms in total. The molecule has 0 radical (unpaired) electrons. The summed E-state index contributed by atoms with van der Waals surface area (Å²) < 4.78 is 32.3. The van der Waals surface area contributed by atoms with Gasteiger partial charge in [-0.25, -0.2) is 0 Å². The molecule has 0 unspecified atom stereocenters. The van der Waals surface area contributed by atoms with Gasteiger partial charge in [-0.05, 0) is 24.5 Å². The molecule has 1 N–H and O–H groups in total. The van der Waals surface area contributed by atoms with Crippen molar-refractivity contribution in [3.8, 4) is 0 Å². The van der Waals surface area contributed by atoms with Crippen molar-refractivity contribution in [2.45, 2.75) is 198 Å². The van der Waals surface area contributed by atoms with E-state index in [0.29, 0.717) is 0 Å². The van der Waals surface area contributed by atoms with E-state index in [2.05, 4.69) is 6.92 Å². The van der Waals surface area contributed by atoms with Gasteiger partial charge in [-0.1, -0.05) is 198 Å². The molecule has 1 aromatic rings. The van der Waals surface area contributed by atoms with Crippen LogP contribution in [0.15, 0.2) is 29.2 Å². The molecule has 4 heteroatoms. The van der Waals surface area contributed by atoms with E-state index < -0.39 is 10.1 Å². The average Bonchev–Trinajstić information content (AvgIpc) is 2.94. The van der Waals surface area contributed by atoms with Crippen LogP contribution in [0.3, 0.4) is 0 Å². The van der Waals surface area contributed by atoms with Crippen LogP contribution in [0.5, 0.6) is 0 Å². The van der Waals surface area contributed by atoms with Crippen LogP contribution in [0.25, 0.3) is 0 Å². The Kier molecular flexibility index (Phi) is 25.1. The van der Waals surface area contributed by atoms with Crippen LogP contribution >= 0.6 is 0 Å². The highest BCUT2D eigenvalue weighted by Crippen LogP contribution is 2.19. The predicted molar refractivity (Wildman–Crippen MR) is 175 cm³/mol. The lowest BCUT2D eigenvalue weighted by Gasteiger charge is -2.07. The van der Waals surface area contributed by atoms with E-state index in [4.69, 9.17) is 0 Å². The van der Waals surface area contributed by atoms with Gasteiger partial charge in [0.25, 0.3) is 10.1 Å². The summed E-state index contributed by atoms with van der Waals surface area (Å²) >= 11 is 0. The molecule has 0 bridgehead atoms. The number of hydrogen-bond acceptors (Lipinski definition) is 2. The SMILES string of the molecule is CCCCCCCCCCCCCCCCCCCCCCCCCCCCCCc1ccccc1S(=O)(=O)O. The smallest absolute Gasteiger partial charge is 0.282 e. The fraction of sp³-hybridized carbons (Fsp3) is 0.833. The van der Waals surface area contributed by atoms with Gasteiger partial charge in [0.2, 0.25) is 0 Å². The number of unbranched alkanes of at least 4 members (excludes halogenated alkanes) is 27. The molecule has 0 spiro atoms. The quantitative estimate of drug-likeness (QED) is 0.0729. The first kappa shape index (κ1) is 37.2. The minimum atomic E-state index is -4.11. The van der Waals surface area contributed by atoms with Crippen LogP contribution in [-0.4, -0.2) is 13.0 Å². The summed E-state index contributed by atoms with van der Waals surface area (Å²) in [5.74, 6) is 0. The largest absolute Gasteiger partial charge is 0.294 e. The van der Waals surface area contributed by atoms with E-state index >= 15 is 0 Å². The Morgan fingerprint density at radius 1 is 0.450 bits per heavy atom. The van der Waals surface area contributed by atoms with Crippen molar-refractivity contribution in [2.75, 3.05) is 0 Å². The third-order valence-corrected chi connectivity index (χ3v) is 9.50. The summed E-state index contributed by atoms with van der Waals surface area (Å²) in [4.78, 5) is 0.0695. The normalized spacial score (nSPS) is 11.8. The van der Waals surface area contributed by atoms with Gasteiger partial charge in [0, 0.05) is 0 Å². The lowest BCUT2D eigenvalue weighted by Crippen LogP contribution is -2.03. The molecule has 234 valence electrons. The first-order chi connectivity index (χ1) is 19.6. The minimum absolute atomic E-state index is 0.0695. The Bertz CT molecular complexity index is 774. The molecule has 40 heavy (non-hydrogen) atoms. The van der Waals surface area contributed by atoms with Crippen LogP contribution in [0.2, 0.25) is 0 Å². The summed E-state index contributed by atoms with van der Waals surface area (Å²) in [6.07, 6.45) is 39.7. The first-order valence-electron chi connectivity index (χ1n) is 17.6. The van der Waals surface area contributed by atoms with Gasteiger partial charge in [0.1, 0.15) is 0 Å². The molecule has 1 rings (SSSR count). The van der Waals surface area contributed by atoms with Crippen molar-refractivity contribution in [1.29, 1.82) is 0 Å². The summed E-state index contributed by atoms with van der Waals surface area (Å²) in [5, 5.41) is 0. The molecule has 0 saturated heterocycles. The number of benzene rings is 1. The second-order valence-corrected chi connectivity index (χ2v) is 13.8. The van der Waals surface area contributed by atoms with Crippen LogP contribution in [-0.2, 0) is 16.5 Å². The van der Waals surface area contributed by atoms with Gasteiger partial charge in [-0.15, -0.1) is 0 Å². The molecule has 0 aromatic heterocycles. The first-order valence-corrected chi connectivity index (χ1v) is 19.0. The Hall–Kier alpha value is -0.870. The van der Waals surface area contributed by atoms with E-state index in [0.717, 1.165) is 24.8 Å². The molecule has 0 aliphatic rings. The van der Waals surface area contributed by atoms with Gasteiger partial charge in [-0.3, -0.25) is 4.55 Å². The predicted octanol–water partition coefficient (Wildman–Crippen LogP) is 12.4. The maximum absolute atomic E-state index is 11.5. The number of aryl methyl sites for hydroxylation is 1. The van der Waals surface area contributed by atoms with Crippen LogP contribution in [0.1, 0.15) is 192 Å². The zero-order valence-electron chi connectivity index (χ0n) is 26.5. The standard InChI is InChI=1S/C36H66O3S/c1-2-3-4-5-6-7-8-9-10-11-12-13-14-15-16-17-18-19-20-21-22-23-24-25-26-27-28-29-32-35-33-30-31-34-36(35)40(37,38)39/h30-31,33-34H,2-29,32H2,1H3,(H,37,38,39). The monoisotopic (exact) mass is 578 g/mol. The molecule has 0 saturated carbocycles. The van der Waals surface area contributed by atoms with E-state index in [1.807, 2.05) is 12.1 Å². The molecule has 0 aliphatic carbocycles. The van der Waals surface area contributed by atoms with Crippen molar-refractivity contribution in [3.05, 3.63) is 29.8 Å². The molecular weight excluding hydrogens is 512 g/mol. The number of hydrogen-bond donors (Lipinski definition) is 1. The molecule has 0 aliphatic heterocycles. The molecule has 0 heterocycles. The van der Waals surface area contributed by atoms with Crippen molar-refractivity contribution in [2.24, 2.45) is 0 Å². The molecule has 1 aromatic carbocycles. The fourth-order valence-electron chi connectivity index (χ4n) is 5.95. The van der Waals surface area contributed by atoms with Crippen molar-refractivity contribution in [3.63, 3.8) is 0 Å². The van der Waals surface area contributed by atoms with Gasteiger partial charge < -0.3 is 0 Å². The Labute approximate surface area is 250 Å². The minimum Gasteiger partial charge on any atom is -0.282 e. The fourth-order valence-corrected chi connectivity index (χ4v) is 6.70. The lowest BCUT2D eigenvalue weighted by molar-refractivity contribution is 0.481. The second-order valence-electron chi connectivity index (χ2n) is 12.4. The van der Waals surface area contributed by atoms with Gasteiger partial charge in [0.15, 0.2) is 0 Å². The van der Waals surface area contributed by atoms with E-state index in [1.54, 1.807) is 6.07 Å². The van der Waals surface area contributed by atoms with Gasteiger partial charge >= 0.3 is 0 Å². The molecule has 0 fully saturated rings. The van der Waals surface area contributed by atoms with E-state index in [-0.39, 0.29) is 4.90 Å². The molecule has 0 atom stereocenters. The summed E-state index contributed by atoms with van der Waals surface area (Å²) in [6.45, 7) is 2.30. The lowest BCUT2D eigenvalue weighted by atomic mass is 10.0. The maximum atomic E-state index is 11.5. The Morgan fingerprint density at radius 3 is 1.02 bits per heavy atom. The van der Waals surface area contributed by atoms with Crippen molar-refractivity contribution >= 4 is 10.1 Å². The zero-order valence-corrected chi connectivity index (χ0v) is 27.3. The van der Waals surface area contributed by atoms with Crippen LogP contribution in [0.4, 0.5) is 0 Å². The highest BCUT2D eigenvalue weighted by Gasteiger charge is 2.13. The van der Waals surface area contributed by atoms with E-state index in [1.165, 1.54) is 173 Å². The zero-order chi connectivity index (χ0) is 29.0. The summed E-state index contributed by atoms with van der Waals surface area (Å²) in [5.41, 5.74) is 0.736. The molecular formula is C36H66O3S. The van der Waals surface area contributed by atoms with E-state index in [9.17, 15) is 13.0 Å². The third kappa shape index (κ3) is 22.8. The maximum Gasteiger partial charge on any atom is 0.294 e. The Balaban J connectivity index is 1.73. The average molecular weight is 579 g/mol. The van der Waals surface area contributed by atoms with Gasteiger partial charge in [-0.2, -0.15) is 8.42 Å². The third-order valence-electron chi connectivity index (χ3n) is 8.55. The highest BCUT2D eigenvalue weighted by atomic mass is 32.2. The van der Waals surface area contributed by atoms with Crippen molar-refractivity contribution in [1.82, 2.24) is 0 Å². The summed E-state index contributed by atoms with van der Waals surface area (Å²) in [6, 6.07) is 6.80. The summed E-state index contributed by atoms with van der Waals surface area (Å²) in [7, 11) is -4.11. The highest BCUT2D eigenvalue weighted by molar-refractivity contribution is 7.85. The Morgan fingerprint density at radius 2 is 0.725 bits per heavy atom. The second kappa shape index (κ2) is 27.0. The topological polar surface area (TPSA) is 54.4 Å². The van der Waals surface area contributed by atoms with Gasteiger partial charge in [0.05, 0.1) is 4.90 Å². The number of rotatable bonds is 30. The van der Waals surface area contributed by atoms with Crippen LogP contribution < -0.4 is 0 Å². The van der Waals surface area contributed by atoms with Crippen molar-refractivity contribution < 1.29 is 13.0 Å². The molecule has 0 amide bonds.